The van der Waals surface area contributed by atoms with Crippen molar-refractivity contribution in [3.8, 4) is 10.6 Å². The number of carbonyl (C=O) groups excluding carboxylic acids is 1. The van der Waals surface area contributed by atoms with Crippen LogP contribution in [-0.2, 0) is 0 Å². The Bertz CT molecular complexity index is 413. The average Bonchev–Trinajstić information content (AvgIpc) is 2.71. The van der Waals surface area contributed by atoms with Crippen LogP contribution in [0, 0.1) is 0 Å². The minimum Gasteiger partial charge on any atom is -0.298 e. The molecule has 0 radical (unpaired) electrons. The monoisotopic (exact) mass is 191 g/mol. The van der Waals surface area contributed by atoms with Crippen molar-refractivity contribution in [1.82, 2.24) is 15.2 Å². The molecule has 64 valence electrons. The molecule has 13 heavy (non-hydrogen) atoms. The Hall–Kier alpha value is -1.62. The van der Waals surface area contributed by atoms with E-state index in [-0.39, 0.29) is 0 Å². The number of hydrogen-bond donors (Lipinski definition) is 0. The maximum Gasteiger partial charge on any atom is 0.151 e. The van der Waals surface area contributed by atoms with Gasteiger partial charge in [-0.25, -0.2) is 0 Å². The van der Waals surface area contributed by atoms with E-state index < -0.39 is 0 Å². The van der Waals surface area contributed by atoms with Crippen LogP contribution in [0.1, 0.15) is 10.4 Å². The SMILES string of the molecule is O=Cc1cncc(-c2nncs2)c1. The van der Waals surface area contributed by atoms with Crippen LogP contribution in [0.5, 0.6) is 0 Å². The van der Waals surface area contributed by atoms with E-state index >= 15 is 0 Å². The molecule has 0 saturated carbocycles. The topological polar surface area (TPSA) is 55.7 Å². The Kier molecular flexibility index (Phi) is 2.09. The molecule has 0 saturated heterocycles. The van der Waals surface area contributed by atoms with Crippen LogP contribution in [-0.4, -0.2) is 21.5 Å². The summed E-state index contributed by atoms with van der Waals surface area (Å²) in [6.07, 6.45) is 3.93. The van der Waals surface area contributed by atoms with Crippen LogP contribution < -0.4 is 0 Å². The molecule has 0 N–H and O–H groups in total. The highest BCUT2D eigenvalue weighted by Gasteiger charge is 2.02. The lowest BCUT2D eigenvalue weighted by Gasteiger charge is -1.94. The lowest BCUT2D eigenvalue weighted by molar-refractivity contribution is 0.112. The highest BCUT2D eigenvalue weighted by Crippen LogP contribution is 2.19. The van der Waals surface area contributed by atoms with Gasteiger partial charge in [0.05, 0.1) is 0 Å². The second kappa shape index (κ2) is 3.40. The maximum absolute atomic E-state index is 10.5. The maximum atomic E-state index is 10.5. The summed E-state index contributed by atoms with van der Waals surface area (Å²) in [5, 5.41) is 8.36. The average molecular weight is 191 g/mol. The molecule has 0 aliphatic carbocycles. The number of hydrogen-bond acceptors (Lipinski definition) is 5. The van der Waals surface area contributed by atoms with Crippen molar-refractivity contribution in [2.75, 3.05) is 0 Å². The predicted octanol–water partition coefficient (Wildman–Crippen LogP) is 1.41. The van der Waals surface area contributed by atoms with Gasteiger partial charge in [-0.05, 0) is 6.07 Å². The molecule has 0 aliphatic heterocycles. The van der Waals surface area contributed by atoms with E-state index in [0.29, 0.717) is 5.56 Å². The predicted molar refractivity (Wildman–Crippen MR) is 48.5 cm³/mol. The van der Waals surface area contributed by atoms with E-state index in [1.165, 1.54) is 17.5 Å². The number of aldehydes is 1. The Morgan fingerprint density at radius 1 is 1.38 bits per heavy atom. The van der Waals surface area contributed by atoms with Crippen LogP contribution in [0.2, 0.25) is 0 Å². The molecule has 0 aromatic carbocycles. The summed E-state index contributed by atoms with van der Waals surface area (Å²) in [4.78, 5) is 14.4. The summed E-state index contributed by atoms with van der Waals surface area (Å²) in [5.41, 5.74) is 3.02. The van der Waals surface area contributed by atoms with Crippen molar-refractivity contribution in [3.05, 3.63) is 29.5 Å². The van der Waals surface area contributed by atoms with Gasteiger partial charge in [-0.1, -0.05) is 11.3 Å². The summed E-state index contributed by atoms with van der Waals surface area (Å²) in [5.74, 6) is 0. The Balaban J connectivity index is 2.47. The zero-order chi connectivity index (χ0) is 9.10. The number of carbonyl (C=O) groups is 1. The standard InChI is InChI=1S/C8H5N3OS/c12-4-6-1-7(3-9-2-6)8-11-10-5-13-8/h1-5H. The molecule has 2 heterocycles. The first kappa shape index (κ1) is 8.00. The van der Waals surface area contributed by atoms with Crippen LogP contribution in [0.3, 0.4) is 0 Å². The molecule has 0 atom stereocenters. The summed E-state index contributed by atoms with van der Waals surface area (Å²) < 4.78 is 0. The fourth-order valence-corrected chi connectivity index (χ4v) is 1.47. The zero-order valence-electron chi connectivity index (χ0n) is 6.54. The largest absolute Gasteiger partial charge is 0.298 e. The van der Waals surface area contributed by atoms with Crippen molar-refractivity contribution in [2.45, 2.75) is 0 Å². The molecule has 2 rings (SSSR count). The molecule has 0 unspecified atom stereocenters. The molecular formula is C8H5N3OS. The molecule has 0 aliphatic rings. The van der Waals surface area contributed by atoms with Crippen molar-refractivity contribution in [3.63, 3.8) is 0 Å². The molecule has 0 bridgehead atoms. The fourth-order valence-electron chi connectivity index (χ4n) is 0.938. The zero-order valence-corrected chi connectivity index (χ0v) is 7.36. The van der Waals surface area contributed by atoms with Gasteiger partial charge in [-0.3, -0.25) is 9.78 Å². The summed E-state index contributed by atoms with van der Waals surface area (Å²) >= 11 is 1.42. The van der Waals surface area contributed by atoms with Crippen molar-refractivity contribution >= 4 is 17.6 Å². The third kappa shape index (κ3) is 1.59. The molecule has 5 heteroatoms. The smallest absolute Gasteiger partial charge is 0.151 e. The van der Waals surface area contributed by atoms with E-state index in [2.05, 4.69) is 15.2 Å². The number of pyridine rings is 1. The van der Waals surface area contributed by atoms with Gasteiger partial charge in [0.25, 0.3) is 0 Å². The first-order valence-electron chi connectivity index (χ1n) is 3.57. The number of aromatic nitrogens is 3. The van der Waals surface area contributed by atoms with E-state index in [1.807, 2.05) is 0 Å². The summed E-state index contributed by atoms with van der Waals surface area (Å²) in [7, 11) is 0. The van der Waals surface area contributed by atoms with Crippen molar-refractivity contribution in [1.29, 1.82) is 0 Å². The van der Waals surface area contributed by atoms with E-state index in [9.17, 15) is 4.79 Å². The van der Waals surface area contributed by atoms with Gasteiger partial charge in [-0.15, -0.1) is 10.2 Å². The van der Waals surface area contributed by atoms with Gasteiger partial charge in [-0.2, -0.15) is 0 Å². The molecule has 0 spiro atoms. The third-order valence-corrected chi connectivity index (χ3v) is 2.24. The first-order valence-corrected chi connectivity index (χ1v) is 4.45. The molecule has 0 fully saturated rings. The second-order valence-electron chi connectivity index (χ2n) is 2.37. The normalized spacial score (nSPS) is 9.85. The van der Waals surface area contributed by atoms with Gasteiger partial charge in [0.1, 0.15) is 10.5 Å². The van der Waals surface area contributed by atoms with Crippen molar-refractivity contribution < 1.29 is 4.79 Å². The Morgan fingerprint density at radius 3 is 3.00 bits per heavy atom. The molecule has 2 aromatic heterocycles. The quantitative estimate of drug-likeness (QED) is 0.673. The number of nitrogens with zero attached hydrogens (tertiary/aromatic N) is 3. The number of rotatable bonds is 2. The third-order valence-electron chi connectivity index (χ3n) is 1.50. The first-order chi connectivity index (χ1) is 6.40. The van der Waals surface area contributed by atoms with E-state index in [1.54, 1.807) is 17.8 Å². The molecular weight excluding hydrogens is 186 g/mol. The van der Waals surface area contributed by atoms with Gasteiger partial charge >= 0.3 is 0 Å². The lowest BCUT2D eigenvalue weighted by Crippen LogP contribution is -1.84. The summed E-state index contributed by atoms with van der Waals surface area (Å²) in [6, 6.07) is 1.74. The van der Waals surface area contributed by atoms with Crippen molar-refractivity contribution in [2.24, 2.45) is 0 Å². The molecule has 0 amide bonds. The van der Waals surface area contributed by atoms with Crippen LogP contribution in [0.4, 0.5) is 0 Å². The minimum atomic E-state index is 0.549. The van der Waals surface area contributed by atoms with E-state index in [4.69, 9.17) is 0 Å². The lowest BCUT2D eigenvalue weighted by atomic mass is 10.2. The van der Waals surface area contributed by atoms with Crippen LogP contribution in [0.15, 0.2) is 24.0 Å². The van der Waals surface area contributed by atoms with Crippen LogP contribution in [0.25, 0.3) is 10.6 Å². The fraction of sp³-hybridized carbons (Fsp3) is 0. The summed E-state index contributed by atoms with van der Waals surface area (Å²) in [6.45, 7) is 0. The van der Waals surface area contributed by atoms with E-state index in [0.717, 1.165) is 16.9 Å². The second-order valence-corrected chi connectivity index (χ2v) is 3.20. The minimum absolute atomic E-state index is 0.549. The Morgan fingerprint density at radius 2 is 2.31 bits per heavy atom. The highest BCUT2D eigenvalue weighted by molar-refractivity contribution is 7.12. The van der Waals surface area contributed by atoms with Gasteiger partial charge in [0, 0.05) is 23.5 Å². The van der Waals surface area contributed by atoms with Crippen LogP contribution >= 0.6 is 11.3 Å². The molecule has 2 aromatic rings. The Labute approximate surface area is 78.3 Å². The highest BCUT2D eigenvalue weighted by atomic mass is 32.1. The van der Waals surface area contributed by atoms with Gasteiger partial charge in [0.2, 0.25) is 0 Å². The molecule has 4 nitrogen and oxygen atoms in total. The van der Waals surface area contributed by atoms with Gasteiger partial charge in [0.15, 0.2) is 6.29 Å². The van der Waals surface area contributed by atoms with Gasteiger partial charge < -0.3 is 0 Å².